The third kappa shape index (κ3) is 6.78. The van der Waals surface area contributed by atoms with Gasteiger partial charge in [0.05, 0.1) is 35.5 Å². The molecule has 4 rings (SSSR count). The zero-order chi connectivity index (χ0) is 30.2. The Kier molecular flexibility index (Phi) is 8.90. The predicted octanol–water partition coefficient (Wildman–Crippen LogP) is -0.937. The van der Waals surface area contributed by atoms with E-state index in [1.54, 1.807) is 13.8 Å². The highest BCUT2D eigenvalue weighted by Gasteiger charge is 2.50. The van der Waals surface area contributed by atoms with E-state index in [-0.39, 0.29) is 25.8 Å². The van der Waals surface area contributed by atoms with Crippen molar-refractivity contribution in [2.75, 3.05) is 18.1 Å². The largest absolute Gasteiger partial charge is 0.384 e. The number of sulfone groups is 1. The van der Waals surface area contributed by atoms with Gasteiger partial charge in [0.15, 0.2) is 9.84 Å². The summed E-state index contributed by atoms with van der Waals surface area (Å²) in [6, 6.07) is -2.49. The molecule has 1 aromatic rings. The van der Waals surface area contributed by atoms with Gasteiger partial charge in [-0.25, -0.2) is 13.1 Å². The molecule has 14 nitrogen and oxygen atoms in total. The lowest BCUT2D eigenvalue weighted by molar-refractivity contribution is -0.145. The maximum absolute atomic E-state index is 13.8. The number of carbonyl (C=O) groups is 4. The Morgan fingerprint density at radius 3 is 2.39 bits per heavy atom. The van der Waals surface area contributed by atoms with E-state index in [9.17, 15) is 32.7 Å². The molecule has 2 aliphatic heterocycles. The van der Waals surface area contributed by atoms with E-state index in [2.05, 4.69) is 15.6 Å². The number of ketones is 1. The van der Waals surface area contributed by atoms with Crippen molar-refractivity contribution in [2.24, 2.45) is 17.4 Å². The number of amides is 3. The standard InChI is InChI=1S/C26H41N7O7S/c1-25(2,38)20-14-29-31-33(20)17-13-19(32(15-17)24(37)18(27)12-16-6-4-3-5-7-16)23(36)30-26(21(34)22(28)35)8-10-41(39,40)11-9-26/h14,16-19,38H,3-13,15,27H2,1-2H3,(H2,28,35)(H,30,36)/t17-,18+,19-/m0/s1. The van der Waals surface area contributed by atoms with Gasteiger partial charge in [-0.2, -0.15) is 0 Å². The Balaban J connectivity index is 1.62. The van der Waals surface area contributed by atoms with Crippen molar-refractivity contribution in [1.29, 1.82) is 0 Å². The first-order chi connectivity index (χ1) is 19.1. The number of nitrogens with zero attached hydrogens (tertiary/aromatic N) is 4. The van der Waals surface area contributed by atoms with Crippen molar-refractivity contribution in [2.45, 2.75) is 101 Å². The second-order valence-corrected chi connectivity index (χ2v) is 14.6. The third-order valence-electron chi connectivity index (χ3n) is 8.74. The topological polar surface area (TPSA) is 221 Å². The number of likely N-dealkylation sites (tertiary alicyclic amines) is 1. The lowest BCUT2D eigenvalue weighted by atomic mass is 9.84. The number of primary amides is 1. The van der Waals surface area contributed by atoms with Crippen molar-refractivity contribution >= 4 is 33.3 Å². The lowest BCUT2D eigenvalue weighted by Crippen LogP contribution is -2.64. The van der Waals surface area contributed by atoms with Crippen molar-refractivity contribution in [3.63, 3.8) is 0 Å². The average molecular weight is 596 g/mol. The Labute approximate surface area is 239 Å². The van der Waals surface area contributed by atoms with Crippen molar-refractivity contribution in [3.8, 4) is 0 Å². The molecule has 0 aromatic carbocycles. The zero-order valence-electron chi connectivity index (χ0n) is 23.6. The Hall–Kier alpha value is -2.91. The van der Waals surface area contributed by atoms with Gasteiger partial charge in [-0.1, -0.05) is 37.3 Å². The molecule has 0 spiro atoms. The van der Waals surface area contributed by atoms with Gasteiger partial charge in [-0.15, -0.1) is 5.10 Å². The first-order valence-electron chi connectivity index (χ1n) is 14.2. The van der Waals surface area contributed by atoms with Crippen LogP contribution in [0.2, 0.25) is 0 Å². The number of Topliss-reactive ketones (excluding diaryl/α,β-unsaturated/α-hetero) is 1. The minimum absolute atomic E-state index is 0.0485. The fourth-order valence-electron chi connectivity index (χ4n) is 6.38. The molecule has 3 fully saturated rings. The summed E-state index contributed by atoms with van der Waals surface area (Å²) in [6.07, 6.45) is 6.65. The number of carbonyl (C=O) groups excluding carboxylic acids is 4. The highest BCUT2D eigenvalue weighted by molar-refractivity contribution is 7.91. The van der Waals surface area contributed by atoms with Crippen LogP contribution in [0.5, 0.6) is 0 Å². The van der Waals surface area contributed by atoms with Crippen LogP contribution in [0, 0.1) is 5.92 Å². The number of aromatic nitrogens is 3. The summed E-state index contributed by atoms with van der Waals surface area (Å²) in [4.78, 5) is 53.7. The van der Waals surface area contributed by atoms with Gasteiger partial charge in [0, 0.05) is 13.0 Å². The summed E-state index contributed by atoms with van der Waals surface area (Å²) in [5, 5.41) is 21.3. The highest BCUT2D eigenvalue weighted by atomic mass is 32.2. The molecule has 228 valence electrons. The van der Waals surface area contributed by atoms with Crippen LogP contribution in [0.3, 0.4) is 0 Å². The number of hydrogen-bond acceptors (Lipinski definition) is 10. The number of aliphatic hydroxyl groups is 1. The summed E-state index contributed by atoms with van der Waals surface area (Å²) in [6.45, 7) is 3.19. The second kappa shape index (κ2) is 11.8. The Morgan fingerprint density at radius 2 is 1.80 bits per heavy atom. The van der Waals surface area contributed by atoms with Crippen LogP contribution in [0.1, 0.15) is 83.4 Å². The van der Waals surface area contributed by atoms with Gasteiger partial charge >= 0.3 is 0 Å². The van der Waals surface area contributed by atoms with E-state index in [4.69, 9.17) is 11.5 Å². The molecule has 3 aliphatic rings. The van der Waals surface area contributed by atoms with Crippen LogP contribution in [0.25, 0.3) is 0 Å². The summed E-state index contributed by atoms with van der Waals surface area (Å²) < 4.78 is 25.7. The van der Waals surface area contributed by atoms with Crippen LogP contribution >= 0.6 is 0 Å². The van der Waals surface area contributed by atoms with E-state index in [1.807, 2.05) is 0 Å². The number of rotatable bonds is 9. The minimum atomic E-state index is -3.45. The van der Waals surface area contributed by atoms with Crippen LogP contribution in [0.4, 0.5) is 0 Å². The molecule has 3 amide bonds. The number of nitrogens with two attached hydrogens (primary N) is 2. The molecule has 3 heterocycles. The molecule has 1 saturated carbocycles. The second-order valence-electron chi connectivity index (χ2n) is 12.3. The summed E-state index contributed by atoms with van der Waals surface area (Å²) in [7, 11) is -3.45. The average Bonchev–Trinajstić information content (AvgIpc) is 3.57. The van der Waals surface area contributed by atoms with Crippen LogP contribution < -0.4 is 16.8 Å². The van der Waals surface area contributed by atoms with Gasteiger partial charge in [0.1, 0.15) is 17.2 Å². The minimum Gasteiger partial charge on any atom is -0.384 e. The number of hydrogen-bond donors (Lipinski definition) is 4. The monoisotopic (exact) mass is 595 g/mol. The molecule has 3 atom stereocenters. The molecular weight excluding hydrogens is 554 g/mol. The molecule has 2 saturated heterocycles. The van der Waals surface area contributed by atoms with E-state index in [0.29, 0.717) is 18.0 Å². The lowest BCUT2D eigenvalue weighted by Gasteiger charge is -2.37. The smallest absolute Gasteiger partial charge is 0.287 e. The maximum atomic E-state index is 13.8. The first-order valence-corrected chi connectivity index (χ1v) is 16.0. The van der Waals surface area contributed by atoms with Crippen molar-refractivity contribution in [3.05, 3.63) is 11.9 Å². The van der Waals surface area contributed by atoms with E-state index in [1.165, 1.54) is 15.8 Å². The maximum Gasteiger partial charge on any atom is 0.287 e. The Morgan fingerprint density at radius 1 is 1.17 bits per heavy atom. The SMILES string of the molecule is CC(C)(O)c1cnnn1[C@H]1C[C@@H](C(=O)NC2(C(=O)C(N)=O)CCS(=O)(=O)CC2)N(C(=O)[C@H](N)CC2CCCCC2)C1. The van der Waals surface area contributed by atoms with Crippen LogP contribution in [0.15, 0.2) is 6.20 Å². The third-order valence-corrected chi connectivity index (χ3v) is 10.4. The first kappa shape index (κ1) is 31.0. The predicted molar refractivity (Wildman–Crippen MR) is 147 cm³/mol. The number of nitrogens with one attached hydrogen (secondary N) is 1. The molecule has 1 aromatic heterocycles. The normalized spacial score (nSPS) is 25.4. The van der Waals surface area contributed by atoms with Gasteiger partial charge < -0.3 is 26.8 Å². The van der Waals surface area contributed by atoms with Crippen LogP contribution in [-0.4, -0.2) is 92.6 Å². The summed E-state index contributed by atoms with van der Waals surface area (Å²) in [5.74, 6) is -4.00. The van der Waals surface area contributed by atoms with E-state index < -0.39 is 74.1 Å². The van der Waals surface area contributed by atoms with Crippen molar-refractivity contribution < 1.29 is 32.7 Å². The van der Waals surface area contributed by atoms with E-state index >= 15 is 0 Å². The molecule has 15 heteroatoms. The van der Waals surface area contributed by atoms with Gasteiger partial charge in [0.2, 0.25) is 17.6 Å². The summed E-state index contributed by atoms with van der Waals surface area (Å²) in [5.41, 5.74) is 8.98. The van der Waals surface area contributed by atoms with Crippen LogP contribution in [-0.2, 0) is 34.6 Å². The molecule has 1 aliphatic carbocycles. The zero-order valence-corrected chi connectivity index (χ0v) is 24.4. The molecular formula is C26H41N7O7S. The molecule has 0 bridgehead atoms. The van der Waals surface area contributed by atoms with Gasteiger partial charge in [-0.05, 0) is 39.0 Å². The Bertz CT molecular complexity index is 1270. The van der Waals surface area contributed by atoms with Gasteiger partial charge in [-0.3, -0.25) is 19.2 Å². The molecule has 6 N–H and O–H groups in total. The van der Waals surface area contributed by atoms with Gasteiger partial charge in [0.25, 0.3) is 5.91 Å². The fourth-order valence-corrected chi connectivity index (χ4v) is 7.90. The molecule has 0 unspecified atom stereocenters. The fraction of sp³-hybridized carbons (Fsp3) is 0.769. The van der Waals surface area contributed by atoms with E-state index in [0.717, 1.165) is 32.1 Å². The molecule has 0 radical (unpaired) electrons. The van der Waals surface area contributed by atoms with Crippen molar-refractivity contribution in [1.82, 2.24) is 25.2 Å². The quantitative estimate of drug-likeness (QED) is 0.257. The molecule has 41 heavy (non-hydrogen) atoms. The highest BCUT2D eigenvalue weighted by Crippen LogP contribution is 2.34. The summed E-state index contributed by atoms with van der Waals surface area (Å²) >= 11 is 0.